The van der Waals surface area contributed by atoms with Crippen LogP contribution in [0.1, 0.15) is 41.4 Å². The number of methoxy groups -OCH3 is 1. The highest BCUT2D eigenvalue weighted by Crippen LogP contribution is 2.34. The van der Waals surface area contributed by atoms with Crippen LogP contribution >= 0.6 is 0 Å². The van der Waals surface area contributed by atoms with E-state index in [4.69, 9.17) is 4.74 Å². The summed E-state index contributed by atoms with van der Waals surface area (Å²) in [6.45, 7) is 12.0. The van der Waals surface area contributed by atoms with E-state index in [9.17, 15) is 0 Å². The Labute approximate surface area is 218 Å². The smallest absolute Gasteiger partial charge is 0.137 e. The number of aromatic amines is 2. The van der Waals surface area contributed by atoms with Gasteiger partial charge in [0.25, 0.3) is 0 Å². The number of ether oxygens (including phenoxy) is 1. The highest BCUT2D eigenvalue weighted by atomic mass is 16.5. The van der Waals surface area contributed by atoms with Crippen LogP contribution in [-0.4, -0.2) is 39.3 Å². The van der Waals surface area contributed by atoms with E-state index in [1.165, 1.54) is 27.9 Å². The molecular weight excluding hydrogens is 458 g/mol. The molecule has 4 heterocycles. The van der Waals surface area contributed by atoms with Crippen LogP contribution in [0, 0.1) is 0 Å². The lowest BCUT2D eigenvalue weighted by atomic mass is 9.97. The summed E-state index contributed by atoms with van der Waals surface area (Å²) >= 11 is 0. The Hall–Kier alpha value is -4.03. The highest BCUT2D eigenvalue weighted by Gasteiger charge is 2.23. The molecule has 6 nitrogen and oxygen atoms in total. The fourth-order valence-corrected chi connectivity index (χ4v) is 5.07. The molecule has 5 rings (SSSR count). The van der Waals surface area contributed by atoms with Gasteiger partial charge in [0.15, 0.2) is 0 Å². The van der Waals surface area contributed by atoms with Crippen LogP contribution in [0.15, 0.2) is 67.8 Å². The minimum atomic E-state index is 0.0726. The molecule has 4 aromatic rings. The lowest BCUT2D eigenvalue weighted by molar-refractivity contribution is 0.141. The zero-order valence-corrected chi connectivity index (χ0v) is 21.7. The fourth-order valence-electron chi connectivity index (χ4n) is 5.07. The van der Waals surface area contributed by atoms with Crippen LogP contribution in [0.3, 0.4) is 0 Å². The van der Waals surface area contributed by atoms with Gasteiger partial charge in [-0.1, -0.05) is 38.3 Å². The van der Waals surface area contributed by atoms with Gasteiger partial charge in [-0.25, -0.2) is 4.98 Å². The van der Waals surface area contributed by atoms with E-state index in [2.05, 4.69) is 93.7 Å². The average Bonchev–Trinajstić information content (AvgIpc) is 3.62. The molecule has 0 aromatic carbocycles. The number of nitrogens with one attached hydrogen (secondary N) is 3. The number of hydrogen-bond acceptors (Lipinski definition) is 3. The van der Waals surface area contributed by atoms with E-state index in [0.717, 1.165) is 53.9 Å². The largest absolute Gasteiger partial charge is 0.387 e. The number of aromatic nitrogens is 4. The first-order valence-corrected chi connectivity index (χ1v) is 12.9. The van der Waals surface area contributed by atoms with E-state index in [1.807, 2.05) is 18.3 Å². The van der Waals surface area contributed by atoms with Crippen molar-refractivity contribution in [1.29, 1.82) is 0 Å². The molecule has 0 amide bonds. The van der Waals surface area contributed by atoms with Crippen LogP contribution < -0.4 is 5.32 Å². The Bertz CT molecular complexity index is 1450. The number of fused-ring (bicyclic) bond motifs is 2. The minimum absolute atomic E-state index is 0.0726. The Morgan fingerprint density at radius 1 is 1.38 bits per heavy atom. The normalized spacial score (nSPS) is 14.9. The van der Waals surface area contributed by atoms with E-state index in [-0.39, 0.29) is 6.10 Å². The Morgan fingerprint density at radius 2 is 2.27 bits per heavy atom. The summed E-state index contributed by atoms with van der Waals surface area (Å²) in [5.74, 6) is 0. The van der Waals surface area contributed by atoms with Gasteiger partial charge in [-0.3, -0.25) is 0 Å². The van der Waals surface area contributed by atoms with Gasteiger partial charge >= 0.3 is 0 Å². The van der Waals surface area contributed by atoms with Crippen molar-refractivity contribution in [2.45, 2.75) is 38.8 Å². The van der Waals surface area contributed by atoms with E-state index in [0.29, 0.717) is 6.54 Å². The number of pyridine rings is 1. The van der Waals surface area contributed by atoms with Crippen LogP contribution in [0.5, 0.6) is 0 Å². The van der Waals surface area contributed by atoms with Crippen molar-refractivity contribution in [2.75, 3.05) is 13.7 Å². The fraction of sp³-hybridized carbons (Fsp3) is 0.258. The summed E-state index contributed by atoms with van der Waals surface area (Å²) in [4.78, 5) is 11.3. The lowest BCUT2D eigenvalue weighted by Crippen LogP contribution is -2.21. The number of hydrogen-bond donors (Lipinski definition) is 3. The monoisotopic (exact) mass is 493 g/mol. The molecule has 3 N–H and O–H groups in total. The number of H-pyrrole nitrogens is 2. The summed E-state index contributed by atoms with van der Waals surface area (Å²) < 4.78 is 7.94. The molecule has 0 saturated carbocycles. The first-order chi connectivity index (χ1) is 18.1. The Kier molecular flexibility index (Phi) is 7.28. The highest BCUT2D eigenvalue weighted by molar-refractivity contribution is 5.84. The Balaban J connectivity index is 1.32. The van der Waals surface area contributed by atoms with Gasteiger partial charge in [-0.15, -0.1) is 0 Å². The summed E-state index contributed by atoms with van der Waals surface area (Å²) in [6, 6.07) is 6.22. The second-order valence-electron chi connectivity index (χ2n) is 9.43. The molecule has 0 bridgehead atoms. The zero-order valence-electron chi connectivity index (χ0n) is 21.7. The maximum Gasteiger partial charge on any atom is 0.137 e. The lowest BCUT2D eigenvalue weighted by Gasteiger charge is -2.19. The predicted octanol–water partition coefficient (Wildman–Crippen LogP) is 6.36. The quantitative estimate of drug-likeness (QED) is 0.228. The van der Waals surface area contributed by atoms with E-state index >= 15 is 0 Å². The van der Waals surface area contributed by atoms with Gasteiger partial charge in [0.05, 0.1) is 12.6 Å². The first kappa shape index (κ1) is 24.7. The molecule has 0 saturated heterocycles. The van der Waals surface area contributed by atoms with Crippen molar-refractivity contribution in [3.8, 4) is 11.3 Å². The molecule has 0 fully saturated rings. The van der Waals surface area contributed by atoms with Gasteiger partial charge in [-0.05, 0) is 54.3 Å². The second-order valence-corrected chi connectivity index (χ2v) is 9.43. The van der Waals surface area contributed by atoms with Crippen molar-refractivity contribution in [3.63, 3.8) is 0 Å². The van der Waals surface area contributed by atoms with Crippen molar-refractivity contribution in [1.82, 2.24) is 24.8 Å². The summed E-state index contributed by atoms with van der Waals surface area (Å²) in [7, 11) is 1.76. The molecule has 37 heavy (non-hydrogen) atoms. The summed E-state index contributed by atoms with van der Waals surface area (Å²) in [5, 5.41) is 4.64. The first-order valence-electron chi connectivity index (χ1n) is 12.9. The third kappa shape index (κ3) is 5.11. The van der Waals surface area contributed by atoms with E-state index < -0.39 is 0 Å². The third-order valence-electron chi connectivity index (χ3n) is 6.98. The molecule has 0 spiro atoms. The molecule has 1 unspecified atom stereocenters. The van der Waals surface area contributed by atoms with E-state index in [1.54, 1.807) is 7.11 Å². The molecular formula is C31H35N5O. The molecule has 1 aliphatic rings. The Morgan fingerprint density at radius 3 is 3.05 bits per heavy atom. The zero-order chi connectivity index (χ0) is 25.8. The summed E-state index contributed by atoms with van der Waals surface area (Å²) in [6.07, 6.45) is 19.5. The average molecular weight is 494 g/mol. The van der Waals surface area contributed by atoms with Crippen LogP contribution in [-0.2, 0) is 24.1 Å². The molecule has 6 heteroatoms. The SMILES string of the molecule is C=Cc1c(CCNC(=C)Cn2cc(-c3cc4cccnc4[nH]3)c3c2C=CC(OC)C3)c[nH]c1/C=C\CC. The maximum atomic E-state index is 5.66. The van der Waals surface area contributed by atoms with Crippen molar-refractivity contribution >= 4 is 29.3 Å². The van der Waals surface area contributed by atoms with Crippen molar-refractivity contribution < 1.29 is 4.74 Å². The van der Waals surface area contributed by atoms with Crippen LogP contribution in [0.25, 0.3) is 40.5 Å². The third-order valence-corrected chi connectivity index (χ3v) is 6.98. The molecule has 1 aliphatic carbocycles. The van der Waals surface area contributed by atoms with Gasteiger partial charge in [0.1, 0.15) is 5.65 Å². The molecule has 190 valence electrons. The molecule has 0 aliphatic heterocycles. The summed E-state index contributed by atoms with van der Waals surface area (Å²) in [5.41, 5.74) is 10.2. The molecule has 0 radical (unpaired) electrons. The molecule has 4 aromatic heterocycles. The maximum absolute atomic E-state index is 5.66. The van der Waals surface area contributed by atoms with Gasteiger partial charge in [-0.2, -0.15) is 0 Å². The topological polar surface area (TPSA) is 70.7 Å². The van der Waals surface area contributed by atoms with Gasteiger partial charge in [0.2, 0.25) is 0 Å². The van der Waals surface area contributed by atoms with Crippen LogP contribution in [0.2, 0.25) is 0 Å². The van der Waals surface area contributed by atoms with Crippen molar-refractivity contribution in [3.05, 3.63) is 95.9 Å². The second kappa shape index (κ2) is 10.9. The predicted molar refractivity (Wildman–Crippen MR) is 154 cm³/mol. The number of rotatable bonds is 11. The van der Waals surface area contributed by atoms with Gasteiger partial charge < -0.3 is 24.6 Å². The van der Waals surface area contributed by atoms with Gasteiger partial charge in [0, 0.05) is 78.0 Å². The number of allylic oxidation sites excluding steroid dienone is 2. The standard InChI is InChI=1S/C31H35N5O/c1-5-7-10-28-25(6-2)23(18-34-28)13-15-32-21(3)19-36-20-27(26-17-24(37-4)11-12-30(26)36)29-16-22-9-8-14-33-31(22)35-29/h6-12,14,16,18,20,24,32,34H,2-3,5,13,15,17,19H2,1,4H3,(H,33,35)/b10-7-. The van der Waals surface area contributed by atoms with Crippen molar-refractivity contribution in [2.24, 2.45) is 0 Å². The molecule has 1 atom stereocenters. The minimum Gasteiger partial charge on any atom is -0.387 e. The number of nitrogens with zero attached hydrogens (tertiary/aromatic N) is 2. The van der Waals surface area contributed by atoms with Crippen LogP contribution in [0.4, 0.5) is 0 Å².